The van der Waals surface area contributed by atoms with Gasteiger partial charge < -0.3 is 10.6 Å². The Balaban J connectivity index is 1.57. The number of carbonyl (C=O) groups is 1. The highest BCUT2D eigenvalue weighted by molar-refractivity contribution is 5.94. The summed E-state index contributed by atoms with van der Waals surface area (Å²) >= 11 is 0. The quantitative estimate of drug-likeness (QED) is 0.668. The van der Waals surface area contributed by atoms with E-state index in [-0.39, 0.29) is 5.91 Å². The third-order valence-electron chi connectivity index (χ3n) is 3.79. The van der Waals surface area contributed by atoms with E-state index < -0.39 is 0 Å². The molecule has 0 spiro atoms. The van der Waals surface area contributed by atoms with E-state index in [2.05, 4.69) is 32.5 Å². The largest absolute Gasteiger partial charge is 0.384 e. The zero-order valence-corrected chi connectivity index (χ0v) is 12.8. The van der Waals surface area contributed by atoms with Crippen molar-refractivity contribution in [3.63, 3.8) is 0 Å². The van der Waals surface area contributed by atoms with Gasteiger partial charge in [-0.15, -0.1) is 0 Å². The topological polar surface area (TPSA) is 83.6 Å². The van der Waals surface area contributed by atoms with Crippen LogP contribution >= 0.6 is 0 Å². The molecule has 1 fully saturated rings. The van der Waals surface area contributed by atoms with Crippen LogP contribution in [0, 0.1) is 0 Å². The highest BCUT2D eigenvalue weighted by Gasteiger charge is 2.11. The fourth-order valence-corrected chi connectivity index (χ4v) is 2.52. The molecule has 1 aromatic heterocycles. The van der Waals surface area contributed by atoms with Crippen molar-refractivity contribution in [2.75, 3.05) is 23.7 Å². The molecule has 0 aliphatic carbocycles. The molecule has 1 aliphatic heterocycles. The van der Waals surface area contributed by atoms with E-state index in [4.69, 9.17) is 5.73 Å². The Morgan fingerprint density at radius 2 is 1.91 bits per heavy atom. The molecule has 0 bridgehead atoms. The molecule has 0 unspecified atom stereocenters. The first-order chi connectivity index (χ1) is 11.2. The first-order valence-corrected chi connectivity index (χ1v) is 7.62. The summed E-state index contributed by atoms with van der Waals surface area (Å²) in [6.45, 7) is 2.25. The zero-order chi connectivity index (χ0) is 16.1. The number of nitrogens with two attached hydrogens (primary N) is 1. The van der Waals surface area contributed by atoms with Crippen LogP contribution in [0.5, 0.6) is 0 Å². The summed E-state index contributed by atoms with van der Waals surface area (Å²) in [4.78, 5) is 18.1. The predicted molar refractivity (Wildman–Crippen MR) is 91.6 cm³/mol. The van der Waals surface area contributed by atoms with Crippen LogP contribution in [0.15, 0.2) is 47.7 Å². The molecular weight excluding hydrogens is 290 g/mol. The van der Waals surface area contributed by atoms with Gasteiger partial charge in [0, 0.05) is 25.0 Å². The number of hydrazone groups is 1. The molecule has 0 radical (unpaired) electrons. The molecule has 118 valence electrons. The van der Waals surface area contributed by atoms with Gasteiger partial charge in [0.15, 0.2) is 0 Å². The Hall–Kier alpha value is -2.89. The number of pyridine rings is 1. The van der Waals surface area contributed by atoms with Crippen LogP contribution in [0.2, 0.25) is 0 Å². The number of aromatic nitrogens is 1. The third-order valence-corrected chi connectivity index (χ3v) is 3.79. The van der Waals surface area contributed by atoms with Crippen LogP contribution in [-0.2, 0) is 0 Å². The number of carbonyl (C=O) groups excluding carboxylic acids is 1. The fourth-order valence-electron chi connectivity index (χ4n) is 2.52. The van der Waals surface area contributed by atoms with Crippen molar-refractivity contribution in [2.45, 2.75) is 12.8 Å². The van der Waals surface area contributed by atoms with Gasteiger partial charge in [-0.2, -0.15) is 5.10 Å². The van der Waals surface area contributed by atoms with Crippen LogP contribution in [0.3, 0.4) is 0 Å². The molecular formula is C17H19N5O. The molecule has 6 heteroatoms. The molecule has 23 heavy (non-hydrogen) atoms. The standard InChI is InChI=1S/C17H19N5O/c18-16-8-5-14(12-19-16)17(23)21-20-11-13-3-6-15(7-4-13)22-9-1-2-10-22/h3-8,11-12H,1-2,9-10H2,(H2,18,19)(H,21,23)/b20-11+. The zero-order valence-electron chi connectivity index (χ0n) is 12.8. The predicted octanol–water partition coefficient (Wildman–Crippen LogP) is 2.03. The summed E-state index contributed by atoms with van der Waals surface area (Å²) in [6, 6.07) is 11.3. The maximum absolute atomic E-state index is 11.9. The first-order valence-electron chi connectivity index (χ1n) is 7.62. The van der Waals surface area contributed by atoms with Crippen LogP contribution in [0.1, 0.15) is 28.8 Å². The Labute approximate surface area is 135 Å². The van der Waals surface area contributed by atoms with Crippen molar-refractivity contribution in [3.05, 3.63) is 53.7 Å². The summed E-state index contributed by atoms with van der Waals surface area (Å²) in [5.41, 5.74) is 10.5. The summed E-state index contributed by atoms with van der Waals surface area (Å²) in [6.07, 6.45) is 5.56. The molecule has 3 rings (SSSR count). The molecule has 2 heterocycles. The lowest BCUT2D eigenvalue weighted by molar-refractivity contribution is 0.0955. The number of rotatable bonds is 4. The number of nitrogens with one attached hydrogen (secondary N) is 1. The van der Waals surface area contributed by atoms with Crippen LogP contribution in [-0.4, -0.2) is 30.2 Å². The van der Waals surface area contributed by atoms with E-state index in [0.717, 1.165) is 18.7 Å². The maximum Gasteiger partial charge on any atom is 0.272 e. The molecule has 1 aliphatic rings. The molecule has 0 atom stereocenters. The number of nitrogen functional groups attached to an aromatic ring is 1. The van der Waals surface area contributed by atoms with Gasteiger partial charge in [0.2, 0.25) is 0 Å². The van der Waals surface area contributed by atoms with Gasteiger partial charge in [-0.1, -0.05) is 12.1 Å². The van der Waals surface area contributed by atoms with Crippen molar-refractivity contribution >= 4 is 23.6 Å². The second-order valence-electron chi connectivity index (χ2n) is 5.46. The van der Waals surface area contributed by atoms with Crippen molar-refractivity contribution in [1.82, 2.24) is 10.4 Å². The number of benzene rings is 1. The van der Waals surface area contributed by atoms with Gasteiger partial charge in [0.1, 0.15) is 5.82 Å². The average molecular weight is 309 g/mol. The van der Waals surface area contributed by atoms with E-state index in [0.29, 0.717) is 11.4 Å². The Morgan fingerprint density at radius 3 is 2.57 bits per heavy atom. The molecule has 1 amide bonds. The van der Waals surface area contributed by atoms with Crippen LogP contribution in [0.4, 0.5) is 11.5 Å². The van der Waals surface area contributed by atoms with Crippen molar-refractivity contribution < 1.29 is 4.79 Å². The van der Waals surface area contributed by atoms with E-state index in [9.17, 15) is 4.79 Å². The van der Waals surface area contributed by atoms with E-state index in [1.807, 2.05) is 12.1 Å². The van der Waals surface area contributed by atoms with E-state index in [1.54, 1.807) is 18.3 Å². The summed E-state index contributed by atoms with van der Waals surface area (Å²) in [7, 11) is 0. The minimum absolute atomic E-state index is 0.317. The molecule has 1 aromatic carbocycles. The van der Waals surface area contributed by atoms with Crippen molar-refractivity contribution in [2.24, 2.45) is 5.10 Å². The minimum atomic E-state index is -0.317. The minimum Gasteiger partial charge on any atom is -0.384 e. The van der Waals surface area contributed by atoms with Crippen LogP contribution < -0.4 is 16.1 Å². The summed E-state index contributed by atoms with van der Waals surface area (Å²) < 4.78 is 0. The monoisotopic (exact) mass is 309 g/mol. The molecule has 1 saturated heterocycles. The fraction of sp³-hybridized carbons (Fsp3) is 0.235. The number of anilines is 2. The highest BCUT2D eigenvalue weighted by atomic mass is 16.2. The lowest BCUT2D eigenvalue weighted by Crippen LogP contribution is -2.18. The first kappa shape index (κ1) is 15.0. The summed E-state index contributed by atoms with van der Waals surface area (Å²) in [5, 5.41) is 3.97. The van der Waals surface area contributed by atoms with Gasteiger partial charge in [-0.05, 0) is 42.7 Å². The van der Waals surface area contributed by atoms with Gasteiger partial charge in [-0.3, -0.25) is 4.79 Å². The SMILES string of the molecule is Nc1ccc(C(=O)N/N=C/c2ccc(N3CCCC3)cc2)cn1. The van der Waals surface area contributed by atoms with E-state index in [1.165, 1.54) is 24.7 Å². The Bertz CT molecular complexity index is 688. The number of hydrogen-bond donors (Lipinski definition) is 2. The number of hydrogen-bond acceptors (Lipinski definition) is 5. The second-order valence-corrected chi connectivity index (χ2v) is 5.46. The maximum atomic E-state index is 11.9. The average Bonchev–Trinajstić information content (AvgIpc) is 3.10. The molecule has 0 saturated carbocycles. The third kappa shape index (κ3) is 3.85. The van der Waals surface area contributed by atoms with Crippen LogP contribution in [0.25, 0.3) is 0 Å². The van der Waals surface area contributed by atoms with Gasteiger partial charge in [0.25, 0.3) is 5.91 Å². The van der Waals surface area contributed by atoms with Crippen molar-refractivity contribution in [3.8, 4) is 0 Å². The van der Waals surface area contributed by atoms with E-state index >= 15 is 0 Å². The van der Waals surface area contributed by atoms with Gasteiger partial charge in [-0.25, -0.2) is 10.4 Å². The van der Waals surface area contributed by atoms with Gasteiger partial charge >= 0.3 is 0 Å². The highest BCUT2D eigenvalue weighted by Crippen LogP contribution is 2.19. The Morgan fingerprint density at radius 1 is 1.17 bits per heavy atom. The molecule has 3 N–H and O–H groups in total. The number of amides is 1. The smallest absolute Gasteiger partial charge is 0.272 e. The second kappa shape index (κ2) is 6.91. The number of nitrogens with zero attached hydrogens (tertiary/aromatic N) is 3. The van der Waals surface area contributed by atoms with Crippen molar-refractivity contribution in [1.29, 1.82) is 0 Å². The lowest BCUT2D eigenvalue weighted by Gasteiger charge is -2.17. The lowest BCUT2D eigenvalue weighted by atomic mass is 10.2. The molecule has 2 aromatic rings. The Kier molecular flexibility index (Phi) is 4.52. The van der Waals surface area contributed by atoms with Gasteiger partial charge in [0.05, 0.1) is 11.8 Å². The normalized spacial score (nSPS) is 14.3. The molecule has 6 nitrogen and oxygen atoms in total. The summed E-state index contributed by atoms with van der Waals surface area (Å²) in [5.74, 6) is 0.0607.